The minimum Gasteiger partial charge on any atom is -0.398 e. The van der Waals surface area contributed by atoms with Gasteiger partial charge >= 0.3 is 0 Å². The maximum atomic E-state index is 12.2. The van der Waals surface area contributed by atoms with Crippen molar-refractivity contribution >= 4 is 21.7 Å². The van der Waals surface area contributed by atoms with Crippen LogP contribution in [0.25, 0.3) is 0 Å². The number of benzene rings is 1. The van der Waals surface area contributed by atoms with Crippen LogP contribution in [0.2, 0.25) is 0 Å². The summed E-state index contributed by atoms with van der Waals surface area (Å²) < 4.78 is 26.6. The molecule has 0 radical (unpaired) electrons. The van der Waals surface area contributed by atoms with E-state index in [1.807, 2.05) is 13.8 Å². The van der Waals surface area contributed by atoms with Crippen molar-refractivity contribution in [3.05, 3.63) is 41.7 Å². The number of aryl methyl sites for hydroxylation is 1. The Morgan fingerprint density at radius 3 is 2.37 bits per heavy atom. The first kappa shape index (κ1) is 13.3. The second kappa shape index (κ2) is 4.85. The maximum absolute atomic E-state index is 12.2. The minimum atomic E-state index is -3.73. The Bertz CT molecular complexity index is 676. The molecule has 0 aliphatic rings. The molecule has 2 aromatic rings. The normalized spacial score (nSPS) is 11.3. The summed E-state index contributed by atoms with van der Waals surface area (Å²) in [4.78, 5) is 7.74. The van der Waals surface area contributed by atoms with Gasteiger partial charge in [0.2, 0.25) is 5.95 Å². The van der Waals surface area contributed by atoms with Crippen molar-refractivity contribution in [3.8, 4) is 0 Å². The summed E-state index contributed by atoms with van der Waals surface area (Å²) in [6, 6.07) is 4.59. The Hall–Kier alpha value is -2.15. The van der Waals surface area contributed by atoms with Crippen molar-refractivity contribution in [2.24, 2.45) is 0 Å². The quantitative estimate of drug-likeness (QED) is 0.829. The highest BCUT2D eigenvalue weighted by Gasteiger charge is 2.17. The van der Waals surface area contributed by atoms with Crippen LogP contribution in [0.15, 0.2) is 35.5 Å². The van der Waals surface area contributed by atoms with E-state index in [1.165, 1.54) is 18.5 Å². The SMILES string of the molecule is Cc1cc(S(=O)(=O)Nc2ncccn2)cc(N)c1C. The van der Waals surface area contributed by atoms with Crippen LogP contribution < -0.4 is 10.5 Å². The molecule has 19 heavy (non-hydrogen) atoms. The molecule has 0 spiro atoms. The third-order valence-electron chi connectivity index (χ3n) is 2.78. The Morgan fingerprint density at radius 1 is 1.16 bits per heavy atom. The molecule has 1 aromatic carbocycles. The smallest absolute Gasteiger partial charge is 0.264 e. The molecule has 7 heteroatoms. The fourth-order valence-corrected chi connectivity index (χ4v) is 2.62. The summed E-state index contributed by atoms with van der Waals surface area (Å²) in [7, 11) is -3.73. The van der Waals surface area contributed by atoms with Gasteiger partial charge in [-0.15, -0.1) is 0 Å². The summed E-state index contributed by atoms with van der Waals surface area (Å²) >= 11 is 0. The van der Waals surface area contributed by atoms with E-state index < -0.39 is 10.0 Å². The highest BCUT2D eigenvalue weighted by molar-refractivity contribution is 7.92. The Kier molecular flexibility index (Phi) is 3.39. The molecule has 0 bridgehead atoms. The second-order valence-corrected chi connectivity index (χ2v) is 5.81. The van der Waals surface area contributed by atoms with Gasteiger partial charge in [-0.25, -0.2) is 23.1 Å². The van der Waals surface area contributed by atoms with E-state index in [9.17, 15) is 8.42 Å². The van der Waals surface area contributed by atoms with Crippen molar-refractivity contribution in [3.63, 3.8) is 0 Å². The Balaban J connectivity index is 2.40. The molecule has 0 aliphatic carbocycles. The first-order chi connectivity index (χ1) is 8.90. The van der Waals surface area contributed by atoms with E-state index in [1.54, 1.807) is 12.1 Å². The van der Waals surface area contributed by atoms with Crippen molar-refractivity contribution in [1.29, 1.82) is 0 Å². The van der Waals surface area contributed by atoms with Crippen molar-refractivity contribution < 1.29 is 8.42 Å². The van der Waals surface area contributed by atoms with Crippen LogP contribution in [0.3, 0.4) is 0 Å². The monoisotopic (exact) mass is 278 g/mol. The second-order valence-electron chi connectivity index (χ2n) is 4.13. The predicted molar refractivity (Wildman–Crippen MR) is 73.2 cm³/mol. The fraction of sp³-hybridized carbons (Fsp3) is 0.167. The Labute approximate surface area is 111 Å². The summed E-state index contributed by atoms with van der Waals surface area (Å²) in [6.45, 7) is 3.65. The summed E-state index contributed by atoms with van der Waals surface area (Å²) in [5.74, 6) is 0.0271. The molecule has 0 unspecified atom stereocenters. The molecule has 0 amide bonds. The maximum Gasteiger partial charge on any atom is 0.264 e. The average Bonchev–Trinajstić information content (AvgIpc) is 2.36. The molecule has 2 rings (SSSR count). The van der Waals surface area contributed by atoms with Gasteiger partial charge < -0.3 is 5.73 Å². The molecule has 1 aromatic heterocycles. The van der Waals surface area contributed by atoms with Gasteiger partial charge in [-0.05, 0) is 43.2 Å². The molecule has 100 valence electrons. The number of nitrogens with zero attached hydrogens (tertiary/aromatic N) is 2. The first-order valence-electron chi connectivity index (χ1n) is 5.57. The summed E-state index contributed by atoms with van der Waals surface area (Å²) in [6.07, 6.45) is 2.92. The molecule has 3 N–H and O–H groups in total. The highest BCUT2D eigenvalue weighted by atomic mass is 32.2. The van der Waals surface area contributed by atoms with Gasteiger partial charge in [0, 0.05) is 18.1 Å². The summed E-state index contributed by atoms with van der Waals surface area (Å²) in [5.41, 5.74) is 7.91. The highest BCUT2D eigenvalue weighted by Crippen LogP contribution is 2.22. The van der Waals surface area contributed by atoms with Crippen LogP contribution >= 0.6 is 0 Å². The standard InChI is InChI=1S/C12H14N4O2S/c1-8-6-10(7-11(13)9(8)2)19(17,18)16-12-14-4-3-5-15-12/h3-7H,13H2,1-2H3,(H,14,15,16). The first-order valence-corrected chi connectivity index (χ1v) is 7.05. The van der Waals surface area contributed by atoms with Gasteiger partial charge in [0.1, 0.15) is 0 Å². The molecular formula is C12H14N4O2S. The van der Waals surface area contributed by atoms with E-state index in [-0.39, 0.29) is 10.8 Å². The lowest BCUT2D eigenvalue weighted by Crippen LogP contribution is -2.15. The zero-order valence-electron chi connectivity index (χ0n) is 10.6. The van der Waals surface area contributed by atoms with E-state index in [0.717, 1.165) is 11.1 Å². The van der Waals surface area contributed by atoms with Crippen molar-refractivity contribution in [2.45, 2.75) is 18.7 Å². The minimum absolute atomic E-state index is 0.0271. The number of nitrogens with one attached hydrogen (secondary N) is 1. The van der Waals surface area contributed by atoms with Crippen LogP contribution in [0, 0.1) is 13.8 Å². The topological polar surface area (TPSA) is 98.0 Å². The van der Waals surface area contributed by atoms with Crippen LogP contribution in [-0.4, -0.2) is 18.4 Å². The van der Waals surface area contributed by atoms with Gasteiger partial charge in [0.15, 0.2) is 0 Å². The fourth-order valence-electron chi connectivity index (χ4n) is 1.54. The van der Waals surface area contributed by atoms with Crippen molar-refractivity contribution in [2.75, 3.05) is 10.5 Å². The molecule has 0 fully saturated rings. The summed E-state index contributed by atoms with van der Waals surface area (Å²) in [5, 5.41) is 0. The van der Waals surface area contributed by atoms with Crippen LogP contribution in [-0.2, 0) is 10.0 Å². The van der Waals surface area contributed by atoms with Crippen LogP contribution in [0.4, 0.5) is 11.6 Å². The van der Waals surface area contributed by atoms with E-state index in [0.29, 0.717) is 5.69 Å². The zero-order chi connectivity index (χ0) is 14.0. The largest absolute Gasteiger partial charge is 0.398 e. The van der Waals surface area contributed by atoms with Gasteiger partial charge in [-0.3, -0.25) is 0 Å². The average molecular weight is 278 g/mol. The number of rotatable bonds is 3. The number of hydrogen-bond donors (Lipinski definition) is 2. The zero-order valence-corrected chi connectivity index (χ0v) is 11.4. The lowest BCUT2D eigenvalue weighted by molar-refractivity contribution is 0.600. The lowest BCUT2D eigenvalue weighted by Gasteiger charge is -2.10. The van der Waals surface area contributed by atoms with Crippen LogP contribution in [0.5, 0.6) is 0 Å². The number of aromatic nitrogens is 2. The number of sulfonamides is 1. The van der Waals surface area contributed by atoms with Gasteiger partial charge in [-0.2, -0.15) is 0 Å². The molecule has 0 aliphatic heterocycles. The number of nitrogen functional groups attached to an aromatic ring is 1. The predicted octanol–water partition coefficient (Wildman–Crippen LogP) is 1.48. The van der Waals surface area contributed by atoms with Gasteiger partial charge in [-0.1, -0.05) is 0 Å². The molecule has 1 heterocycles. The van der Waals surface area contributed by atoms with Crippen molar-refractivity contribution in [1.82, 2.24) is 9.97 Å². The van der Waals surface area contributed by atoms with E-state index in [4.69, 9.17) is 5.73 Å². The lowest BCUT2D eigenvalue weighted by atomic mass is 10.1. The third-order valence-corrected chi connectivity index (χ3v) is 4.09. The number of anilines is 2. The third kappa shape index (κ3) is 2.82. The van der Waals surface area contributed by atoms with Crippen LogP contribution in [0.1, 0.15) is 11.1 Å². The van der Waals surface area contributed by atoms with E-state index in [2.05, 4.69) is 14.7 Å². The molecule has 0 atom stereocenters. The number of hydrogen-bond acceptors (Lipinski definition) is 5. The Morgan fingerprint density at radius 2 is 1.79 bits per heavy atom. The van der Waals surface area contributed by atoms with E-state index >= 15 is 0 Å². The number of nitrogens with two attached hydrogens (primary N) is 1. The van der Waals surface area contributed by atoms with Gasteiger partial charge in [0.05, 0.1) is 4.90 Å². The molecule has 0 saturated heterocycles. The molecular weight excluding hydrogens is 264 g/mol. The molecule has 0 saturated carbocycles. The van der Waals surface area contributed by atoms with Gasteiger partial charge in [0.25, 0.3) is 10.0 Å². The molecule has 6 nitrogen and oxygen atoms in total.